The summed E-state index contributed by atoms with van der Waals surface area (Å²) < 4.78 is 6.37. The number of nitrogens with two attached hydrogens (primary N) is 1. The fraction of sp³-hybridized carbons (Fsp3) is 0.250. The van der Waals surface area contributed by atoms with Gasteiger partial charge in [-0.25, -0.2) is 0 Å². The molecule has 0 aliphatic rings. The smallest absolute Gasteiger partial charge is 0.122 e. The van der Waals surface area contributed by atoms with Crippen molar-refractivity contribution in [1.29, 1.82) is 0 Å². The summed E-state index contributed by atoms with van der Waals surface area (Å²) in [4.78, 5) is 0. The van der Waals surface area contributed by atoms with Crippen molar-refractivity contribution in [3.8, 4) is 5.75 Å². The Morgan fingerprint density at radius 3 is 2.70 bits per heavy atom. The maximum atomic E-state index is 6.33. The number of rotatable bonds is 4. The molecule has 2 aromatic rings. The fourth-order valence-corrected chi connectivity index (χ4v) is 2.93. The van der Waals surface area contributed by atoms with Crippen molar-refractivity contribution in [2.75, 3.05) is 7.11 Å². The van der Waals surface area contributed by atoms with Gasteiger partial charge in [0.05, 0.1) is 7.11 Å². The largest absolute Gasteiger partial charge is 0.496 e. The predicted molar refractivity (Wildman–Crippen MR) is 87.5 cm³/mol. The van der Waals surface area contributed by atoms with Crippen molar-refractivity contribution >= 4 is 27.5 Å². The first kappa shape index (κ1) is 15.4. The summed E-state index contributed by atoms with van der Waals surface area (Å²) in [6.07, 6.45) is 0.698. The first-order valence-electron chi connectivity index (χ1n) is 6.35. The maximum absolute atomic E-state index is 6.33. The summed E-state index contributed by atoms with van der Waals surface area (Å²) >= 11 is 9.57. The standard InChI is InChI=1S/C16H17BrClNO/c1-10-3-6-16(20-2)11(7-10)8-15(19)13-9-12(18)4-5-14(13)17/h3-7,9,15H,8,19H2,1-2H3. The van der Waals surface area contributed by atoms with Crippen LogP contribution in [-0.4, -0.2) is 7.11 Å². The minimum Gasteiger partial charge on any atom is -0.496 e. The van der Waals surface area contributed by atoms with E-state index in [0.29, 0.717) is 11.4 Å². The van der Waals surface area contributed by atoms with Gasteiger partial charge in [-0.15, -0.1) is 0 Å². The van der Waals surface area contributed by atoms with Gasteiger partial charge < -0.3 is 10.5 Å². The van der Waals surface area contributed by atoms with E-state index < -0.39 is 0 Å². The van der Waals surface area contributed by atoms with Gasteiger partial charge in [0.1, 0.15) is 5.75 Å². The summed E-state index contributed by atoms with van der Waals surface area (Å²) in [5.74, 6) is 0.865. The van der Waals surface area contributed by atoms with Crippen LogP contribution >= 0.6 is 27.5 Å². The molecular weight excluding hydrogens is 338 g/mol. The zero-order valence-corrected chi connectivity index (χ0v) is 13.8. The maximum Gasteiger partial charge on any atom is 0.122 e. The van der Waals surface area contributed by atoms with Crippen LogP contribution in [0.4, 0.5) is 0 Å². The second kappa shape index (κ2) is 6.61. The van der Waals surface area contributed by atoms with Gasteiger partial charge in [-0.3, -0.25) is 0 Å². The average molecular weight is 355 g/mol. The van der Waals surface area contributed by atoms with E-state index in [0.717, 1.165) is 21.3 Å². The lowest BCUT2D eigenvalue weighted by molar-refractivity contribution is 0.408. The summed E-state index contributed by atoms with van der Waals surface area (Å²) in [5, 5.41) is 0.690. The molecule has 0 saturated heterocycles. The Bertz CT molecular complexity index is 615. The van der Waals surface area contributed by atoms with Crippen LogP contribution in [0, 0.1) is 6.92 Å². The second-order valence-electron chi connectivity index (χ2n) is 4.79. The molecular formula is C16H17BrClNO. The van der Waals surface area contributed by atoms with Crippen LogP contribution in [0.1, 0.15) is 22.7 Å². The number of benzene rings is 2. The third-order valence-electron chi connectivity index (χ3n) is 3.23. The molecule has 0 amide bonds. The van der Waals surface area contributed by atoms with E-state index in [-0.39, 0.29) is 6.04 Å². The highest BCUT2D eigenvalue weighted by atomic mass is 79.9. The molecule has 4 heteroatoms. The molecule has 1 atom stereocenters. The fourth-order valence-electron chi connectivity index (χ4n) is 2.21. The summed E-state index contributed by atoms with van der Waals surface area (Å²) in [6, 6.07) is 11.6. The second-order valence-corrected chi connectivity index (χ2v) is 6.08. The summed E-state index contributed by atoms with van der Waals surface area (Å²) in [6.45, 7) is 2.06. The highest BCUT2D eigenvalue weighted by Crippen LogP contribution is 2.30. The van der Waals surface area contributed by atoms with Crippen molar-refractivity contribution in [3.63, 3.8) is 0 Å². The van der Waals surface area contributed by atoms with E-state index in [2.05, 4.69) is 28.9 Å². The Morgan fingerprint density at radius 2 is 2.00 bits per heavy atom. The molecule has 1 unspecified atom stereocenters. The van der Waals surface area contributed by atoms with Crippen molar-refractivity contribution in [2.24, 2.45) is 5.73 Å². The van der Waals surface area contributed by atoms with Crippen LogP contribution in [0.3, 0.4) is 0 Å². The van der Waals surface area contributed by atoms with Crippen LogP contribution < -0.4 is 10.5 Å². The molecule has 0 aliphatic heterocycles. The molecule has 0 bridgehead atoms. The van der Waals surface area contributed by atoms with Crippen molar-refractivity contribution in [1.82, 2.24) is 0 Å². The number of ether oxygens (including phenoxy) is 1. The molecule has 0 aromatic heterocycles. The zero-order chi connectivity index (χ0) is 14.7. The Kier molecular flexibility index (Phi) is 5.08. The zero-order valence-electron chi connectivity index (χ0n) is 11.5. The van der Waals surface area contributed by atoms with Crippen LogP contribution in [0.2, 0.25) is 5.02 Å². The van der Waals surface area contributed by atoms with E-state index in [1.54, 1.807) is 7.11 Å². The molecule has 0 saturated carbocycles. The van der Waals surface area contributed by atoms with Crippen molar-refractivity contribution in [2.45, 2.75) is 19.4 Å². The minimum atomic E-state index is -0.140. The van der Waals surface area contributed by atoms with Gasteiger partial charge in [-0.2, -0.15) is 0 Å². The summed E-state index contributed by atoms with van der Waals surface area (Å²) in [5.41, 5.74) is 9.62. The molecule has 0 fully saturated rings. The van der Waals surface area contributed by atoms with Crippen LogP contribution in [0.5, 0.6) is 5.75 Å². The van der Waals surface area contributed by atoms with Crippen molar-refractivity contribution < 1.29 is 4.74 Å². The lowest BCUT2D eigenvalue weighted by atomic mass is 9.98. The molecule has 0 spiro atoms. The molecule has 0 heterocycles. The summed E-state index contributed by atoms with van der Waals surface area (Å²) in [7, 11) is 1.68. The topological polar surface area (TPSA) is 35.2 Å². The average Bonchev–Trinajstić information content (AvgIpc) is 2.41. The number of methoxy groups -OCH3 is 1. The molecule has 20 heavy (non-hydrogen) atoms. The molecule has 106 valence electrons. The van der Waals surface area contributed by atoms with E-state index in [1.807, 2.05) is 30.3 Å². The Morgan fingerprint density at radius 1 is 1.25 bits per heavy atom. The monoisotopic (exact) mass is 353 g/mol. The van der Waals surface area contributed by atoms with Gasteiger partial charge in [0.2, 0.25) is 0 Å². The third-order valence-corrected chi connectivity index (χ3v) is 4.19. The third kappa shape index (κ3) is 3.54. The van der Waals surface area contributed by atoms with E-state index >= 15 is 0 Å². The van der Waals surface area contributed by atoms with Crippen molar-refractivity contribution in [3.05, 3.63) is 62.6 Å². The number of aryl methyl sites for hydroxylation is 1. The number of halogens is 2. The molecule has 2 N–H and O–H groups in total. The molecule has 0 aliphatic carbocycles. The quantitative estimate of drug-likeness (QED) is 0.866. The normalized spacial score (nSPS) is 12.2. The number of hydrogen-bond acceptors (Lipinski definition) is 2. The Balaban J connectivity index is 2.29. The first-order chi connectivity index (χ1) is 9.51. The lowest BCUT2D eigenvalue weighted by Gasteiger charge is -2.17. The van der Waals surface area contributed by atoms with Gasteiger partial charge in [-0.1, -0.05) is 45.2 Å². The molecule has 2 rings (SSSR count). The van der Waals surface area contributed by atoms with Gasteiger partial charge >= 0.3 is 0 Å². The molecule has 2 aromatic carbocycles. The van der Waals surface area contributed by atoms with Gasteiger partial charge in [0.25, 0.3) is 0 Å². The highest BCUT2D eigenvalue weighted by molar-refractivity contribution is 9.10. The number of hydrogen-bond donors (Lipinski definition) is 1. The van der Waals surface area contributed by atoms with E-state index in [4.69, 9.17) is 22.1 Å². The van der Waals surface area contributed by atoms with Crippen LogP contribution in [0.25, 0.3) is 0 Å². The minimum absolute atomic E-state index is 0.140. The SMILES string of the molecule is COc1ccc(C)cc1CC(N)c1cc(Cl)ccc1Br. The van der Waals surface area contributed by atoms with E-state index in [1.165, 1.54) is 5.56 Å². The molecule has 2 nitrogen and oxygen atoms in total. The van der Waals surface area contributed by atoms with Crippen LogP contribution in [-0.2, 0) is 6.42 Å². The highest BCUT2D eigenvalue weighted by Gasteiger charge is 2.14. The molecule has 0 radical (unpaired) electrons. The Labute approximate surface area is 133 Å². The van der Waals surface area contributed by atoms with E-state index in [9.17, 15) is 0 Å². The van der Waals surface area contributed by atoms with Gasteiger partial charge in [-0.05, 0) is 48.7 Å². The van der Waals surface area contributed by atoms with Gasteiger partial charge in [0, 0.05) is 15.5 Å². The Hall–Kier alpha value is -1.03. The lowest BCUT2D eigenvalue weighted by Crippen LogP contribution is -2.14. The first-order valence-corrected chi connectivity index (χ1v) is 7.52. The van der Waals surface area contributed by atoms with Crippen LogP contribution in [0.15, 0.2) is 40.9 Å². The van der Waals surface area contributed by atoms with Gasteiger partial charge in [0.15, 0.2) is 0 Å². The predicted octanol–water partition coefficient (Wildman–Crippen LogP) is 4.66.